The number of benzene rings is 4. The van der Waals surface area contributed by atoms with Crippen LogP contribution in [0.5, 0.6) is 0 Å². The molecule has 4 aromatic rings. The smallest absolute Gasteiger partial charge is 0.0565 e. The number of rotatable bonds is 6. The summed E-state index contributed by atoms with van der Waals surface area (Å²) in [4.78, 5) is 7.23. The van der Waals surface area contributed by atoms with Crippen LogP contribution in [-0.2, 0) is 10.8 Å². The van der Waals surface area contributed by atoms with Crippen LogP contribution in [0, 0.1) is 6.92 Å². The fraction of sp³-hybridized carbons (Fsp3) is 0.273. The third-order valence-corrected chi connectivity index (χ3v) is 11.1. The van der Waals surface area contributed by atoms with Gasteiger partial charge in [0.1, 0.15) is 0 Å². The predicted octanol–water partition coefficient (Wildman–Crippen LogP) is 11.4. The highest BCUT2D eigenvalue weighted by atomic mass is 35.5. The average molecular weight is 652 g/mol. The van der Waals surface area contributed by atoms with Gasteiger partial charge in [0.05, 0.1) is 11.7 Å². The van der Waals surface area contributed by atoms with Gasteiger partial charge >= 0.3 is 0 Å². The van der Waals surface area contributed by atoms with E-state index in [0.29, 0.717) is 0 Å². The first-order chi connectivity index (χ1) is 23.0. The molecule has 0 fully saturated rings. The highest BCUT2D eigenvalue weighted by molar-refractivity contribution is 6.30. The monoisotopic (exact) mass is 651 g/mol. The molecule has 2 aliphatic heterocycles. The number of hydrogen-bond donors (Lipinski definition) is 0. The first-order valence-electron chi connectivity index (χ1n) is 17.1. The molecule has 7 rings (SSSR count). The van der Waals surface area contributed by atoms with Crippen LogP contribution >= 0.6 is 11.6 Å². The van der Waals surface area contributed by atoms with E-state index in [1.807, 2.05) is 6.07 Å². The number of nitrogens with zero attached hydrogens (tertiary/aromatic N) is 3. The highest BCUT2D eigenvalue weighted by Gasteiger charge is 2.42. The van der Waals surface area contributed by atoms with Crippen molar-refractivity contribution in [3.8, 4) is 0 Å². The predicted molar refractivity (Wildman–Crippen MR) is 206 cm³/mol. The van der Waals surface area contributed by atoms with Crippen LogP contribution in [0.1, 0.15) is 57.2 Å². The molecule has 2 heterocycles. The van der Waals surface area contributed by atoms with E-state index in [0.717, 1.165) is 29.2 Å². The molecule has 3 aliphatic rings. The zero-order valence-corrected chi connectivity index (χ0v) is 30.0. The van der Waals surface area contributed by atoms with Crippen molar-refractivity contribution in [3.63, 3.8) is 0 Å². The maximum atomic E-state index is 6.49. The Morgan fingerprint density at radius 1 is 0.750 bits per heavy atom. The Hall–Kier alpha value is -4.47. The molecular formula is C44H46ClN3. The third-order valence-electron chi connectivity index (χ3n) is 10.8. The first kappa shape index (κ1) is 32.1. The quantitative estimate of drug-likeness (QED) is 0.205. The Labute approximate surface area is 292 Å². The van der Waals surface area contributed by atoms with Crippen LogP contribution in [0.2, 0.25) is 5.02 Å². The van der Waals surface area contributed by atoms with Crippen LogP contribution < -0.4 is 14.7 Å². The Balaban J connectivity index is 1.36. The molecule has 0 aromatic heterocycles. The van der Waals surface area contributed by atoms with Gasteiger partial charge in [-0.05, 0) is 96.6 Å². The number of halogens is 1. The third kappa shape index (κ3) is 5.39. The second-order valence-corrected chi connectivity index (χ2v) is 15.1. The number of fused-ring (bicyclic) bond motifs is 2. The fourth-order valence-corrected chi connectivity index (χ4v) is 8.39. The van der Waals surface area contributed by atoms with Crippen LogP contribution in [0.4, 0.5) is 22.7 Å². The fourth-order valence-electron chi connectivity index (χ4n) is 8.22. The summed E-state index contributed by atoms with van der Waals surface area (Å²) in [6.07, 6.45) is 11.6. The summed E-state index contributed by atoms with van der Waals surface area (Å²) in [6, 6.07) is 34.9. The van der Waals surface area contributed by atoms with Crippen molar-refractivity contribution < 1.29 is 0 Å². The number of likely N-dealkylation sites (N-methyl/N-ethyl adjacent to an activating group) is 2. The van der Waals surface area contributed by atoms with Gasteiger partial charge in [-0.25, -0.2) is 0 Å². The molecule has 0 bridgehead atoms. The SMILES string of the molecule is Cc1ccc2c(c1)C(C)(C)/C(=C\C=C1/CCC(/C=C/C3N(C)c4ccc(Cl)cc4C3(C)C)=C1N(c1ccccc1)c1ccccc1)N2C. The summed E-state index contributed by atoms with van der Waals surface area (Å²) in [5.41, 5.74) is 14.0. The standard InChI is InChI=1S/C44H46ClN3/c1-30-18-24-38-36(28-30)43(2,3)40(46(38)6)26-21-31-19-20-32(22-27-41-44(4,5)37-29-33(45)23-25-39(37)47(41)7)42(31)48(34-14-10-8-11-15-34)35-16-12-9-13-17-35/h8-18,21-29,41H,19-20H2,1-7H3/b27-22+,31-21+,40-26+. The van der Waals surface area contributed by atoms with Crippen molar-refractivity contribution >= 4 is 34.4 Å². The van der Waals surface area contributed by atoms with E-state index in [-0.39, 0.29) is 16.9 Å². The largest absolute Gasteiger partial charge is 0.367 e. The van der Waals surface area contributed by atoms with Gasteiger partial charge in [0, 0.05) is 58.4 Å². The molecule has 0 saturated heterocycles. The minimum Gasteiger partial charge on any atom is -0.367 e. The lowest BCUT2D eigenvalue weighted by atomic mass is 9.80. The summed E-state index contributed by atoms with van der Waals surface area (Å²) in [6.45, 7) is 11.6. The summed E-state index contributed by atoms with van der Waals surface area (Å²) in [5, 5.41) is 0.792. The molecule has 0 spiro atoms. The van der Waals surface area contributed by atoms with Crippen molar-refractivity contribution in [1.82, 2.24) is 0 Å². The molecule has 1 atom stereocenters. The van der Waals surface area contributed by atoms with E-state index in [9.17, 15) is 0 Å². The minimum atomic E-state index is -0.0898. The van der Waals surface area contributed by atoms with Crippen molar-refractivity contribution in [1.29, 1.82) is 0 Å². The van der Waals surface area contributed by atoms with Crippen LogP contribution in [0.25, 0.3) is 0 Å². The zero-order chi connectivity index (χ0) is 33.8. The molecule has 0 N–H and O–H groups in total. The van der Waals surface area contributed by atoms with Gasteiger partial charge in [-0.1, -0.05) is 112 Å². The molecule has 4 aromatic carbocycles. The topological polar surface area (TPSA) is 9.72 Å². The molecule has 244 valence electrons. The lowest BCUT2D eigenvalue weighted by molar-refractivity contribution is 0.487. The summed E-state index contributed by atoms with van der Waals surface area (Å²) in [7, 11) is 4.41. The Kier molecular flexibility index (Phi) is 8.16. The highest BCUT2D eigenvalue weighted by Crippen LogP contribution is 2.49. The average Bonchev–Trinajstić information content (AvgIpc) is 3.61. The second-order valence-electron chi connectivity index (χ2n) is 14.6. The second kappa shape index (κ2) is 12.2. The Morgan fingerprint density at radius 3 is 2.06 bits per heavy atom. The molecule has 1 aliphatic carbocycles. The van der Waals surface area contributed by atoms with Gasteiger partial charge in [0.2, 0.25) is 0 Å². The van der Waals surface area contributed by atoms with Crippen molar-refractivity contribution in [2.24, 2.45) is 0 Å². The molecule has 3 nitrogen and oxygen atoms in total. The first-order valence-corrected chi connectivity index (χ1v) is 17.5. The van der Waals surface area contributed by atoms with Crippen molar-refractivity contribution in [2.45, 2.75) is 64.3 Å². The number of anilines is 4. The zero-order valence-electron chi connectivity index (χ0n) is 29.3. The summed E-state index contributed by atoms with van der Waals surface area (Å²) in [5.74, 6) is 0. The van der Waals surface area contributed by atoms with Gasteiger partial charge in [-0.15, -0.1) is 0 Å². The maximum Gasteiger partial charge on any atom is 0.0565 e. The van der Waals surface area contributed by atoms with E-state index in [2.05, 4.69) is 179 Å². The maximum absolute atomic E-state index is 6.49. The van der Waals surface area contributed by atoms with Crippen LogP contribution in [0.15, 0.2) is 144 Å². The van der Waals surface area contributed by atoms with E-state index in [1.165, 1.54) is 50.6 Å². The van der Waals surface area contributed by atoms with Gasteiger partial charge < -0.3 is 14.7 Å². The molecular weight excluding hydrogens is 606 g/mol. The molecule has 0 saturated carbocycles. The lowest BCUT2D eigenvalue weighted by Gasteiger charge is -2.30. The van der Waals surface area contributed by atoms with Gasteiger partial charge in [-0.3, -0.25) is 0 Å². The van der Waals surface area contributed by atoms with E-state index in [4.69, 9.17) is 11.6 Å². The van der Waals surface area contributed by atoms with E-state index >= 15 is 0 Å². The number of para-hydroxylation sites is 2. The number of aryl methyl sites for hydroxylation is 1. The van der Waals surface area contributed by atoms with Crippen LogP contribution in [0.3, 0.4) is 0 Å². The van der Waals surface area contributed by atoms with E-state index < -0.39 is 0 Å². The Bertz CT molecular complexity index is 1940. The molecule has 0 radical (unpaired) electrons. The van der Waals surface area contributed by atoms with Crippen LogP contribution in [-0.4, -0.2) is 20.1 Å². The molecule has 48 heavy (non-hydrogen) atoms. The summed E-state index contributed by atoms with van der Waals surface area (Å²) >= 11 is 6.49. The molecule has 0 amide bonds. The summed E-state index contributed by atoms with van der Waals surface area (Å²) < 4.78 is 0. The van der Waals surface area contributed by atoms with Gasteiger partial charge in [0.15, 0.2) is 0 Å². The van der Waals surface area contributed by atoms with E-state index in [1.54, 1.807) is 0 Å². The van der Waals surface area contributed by atoms with Gasteiger partial charge in [0.25, 0.3) is 0 Å². The van der Waals surface area contributed by atoms with Crippen molar-refractivity contribution in [3.05, 3.63) is 166 Å². The minimum absolute atomic E-state index is 0.0849. The normalized spacial score (nSPS) is 21.1. The molecule has 4 heteroatoms. The lowest BCUT2D eigenvalue weighted by Crippen LogP contribution is -2.37. The van der Waals surface area contributed by atoms with Gasteiger partial charge in [-0.2, -0.15) is 0 Å². The number of allylic oxidation sites excluding steroid dienone is 6. The number of hydrogen-bond acceptors (Lipinski definition) is 3. The van der Waals surface area contributed by atoms with Crippen molar-refractivity contribution in [2.75, 3.05) is 28.8 Å². The molecule has 1 unspecified atom stereocenters. The Morgan fingerprint density at radius 2 is 1.40 bits per heavy atom.